The minimum absolute atomic E-state index is 0.0964. The molecule has 2 aromatic heterocycles. The molecule has 122 valence electrons. The first-order chi connectivity index (χ1) is 11.1. The van der Waals surface area contributed by atoms with Crippen molar-refractivity contribution >= 4 is 33.7 Å². The monoisotopic (exact) mass is 347 g/mol. The lowest BCUT2D eigenvalue weighted by Gasteiger charge is -2.42. The molecule has 3 aliphatic rings. The van der Waals surface area contributed by atoms with Crippen LogP contribution < -0.4 is 10.6 Å². The maximum atomic E-state index is 12.6. The van der Waals surface area contributed by atoms with Gasteiger partial charge < -0.3 is 10.6 Å². The number of hydrogen-bond acceptors (Lipinski definition) is 5. The normalized spacial score (nSPS) is 26.4. The molecule has 2 bridgehead atoms. The van der Waals surface area contributed by atoms with E-state index in [1.54, 1.807) is 22.7 Å². The van der Waals surface area contributed by atoms with Crippen LogP contribution in [0.15, 0.2) is 12.1 Å². The molecule has 0 radical (unpaired) electrons. The SMILES string of the molecule is Cc1ccc(-c2nc(NC(=O)C3CC4CCC3NC4)sc2C)s1. The van der Waals surface area contributed by atoms with E-state index in [2.05, 4.69) is 41.6 Å². The predicted octanol–water partition coefficient (Wildman–Crippen LogP) is 3.82. The Morgan fingerprint density at radius 2 is 2.17 bits per heavy atom. The summed E-state index contributed by atoms with van der Waals surface area (Å²) in [4.78, 5) is 20.9. The lowest BCUT2D eigenvalue weighted by Crippen LogP contribution is -2.53. The van der Waals surface area contributed by atoms with Crippen molar-refractivity contribution in [3.05, 3.63) is 21.9 Å². The van der Waals surface area contributed by atoms with Gasteiger partial charge in [-0.25, -0.2) is 4.98 Å². The highest BCUT2D eigenvalue weighted by Gasteiger charge is 2.39. The fraction of sp³-hybridized carbons (Fsp3) is 0.529. The summed E-state index contributed by atoms with van der Waals surface area (Å²) in [7, 11) is 0. The van der Waals surface area contributed by atoms with Gasteiger partial charge in [-0.15, -0.1) is 22.7 Å². The molecule has 1 aliphatic carbocycles. The van der Waals surface area contributed by atoms with Gasteiger partial charge in [0.2, 0.25) is 5.91 Å². The molecule has 5 rings (SSSR count). The molecule has 3 unspecified atom stereocenters. The summed E-state index contributed by atoms with van der Waals surface area (Å²) in [6.07, 6.45) is 3.41. The van der Waals surface area contributed by atoms with Crippen molar-refractivity contribution in [2.75, 3.05) is 11.9 Å². The first kappa shape index (κ1) is 15.3. The van der Waals surface area contributed by atoms with E-state index < -0.39 is 0 Å². The van der Waals surface area contributed by atoms with E-state index in [1.165, 1.54) is 16.2 Å². The number of aromatic nitrogens is 1. The van der Waals surface area contributed by atoms with Gasteiger partial charge in [-0.2, -0.15) is 0 Å². The molecular formula is C17H21N3OS2. The number of nitrogens with one attached hydrogen (secondary N) is 2. The van der Waals surface area contributed by atoms with Gasteiger partial charge in [0, 0.05) is 15.8 Å². The van der Waals surface area contributed by atoms with Crippen molar-refractivity contribution in [2.24, 2.45) is 11.8 Å². The molecule has 3 atom stereocenters. The van der Waals surface area contributed by atoms with Crippen molar-refractivity contribution in [3.8, 4) is 10.6 Å². The average molecular weight is 348 g/mol. The number of fused-ring (bicyclic) bond motifs is 3. The summed E-state index contributed by atoms with van der Waals surface area (Å²) in [5.41, 5.74) is 1.01. The van der Waals surface area contributed by atoms with Gasteiger partial charge in [-0.05, 0) is 57.7 Å². The van der Waals surface area contributed by atoms with Crippen LogP contribution in [-0.2, 0) is 4.79 Å². The Labute approximate surface area is 144 Å². The molecule has 1 saturated carbocycles. The fourth-order valence-corrected chi connectivity index (χ4v) is 5.54. The number of carbonyl (C=O) groups is 1. The summed E-state index contributed by atoms with van der Waals surface area (Å²) in [6.45, 7) is 5.25. The van der Waals surface area contributed by atoms with Crippen molar-refractivity contribution in [2.45, 2.75) is 39.2 Å². The summed E-state index contributed by atoms with van der Waals surface area (Å²) < 4.78 is 0. The highest BCUT2D eigenvalue weighted by atomic mass is 32.1. The number of aryl methyl sites for hydroxylation is 2. The van der Waals surface area contributed by atoms with Crippen LogP contribution in [0.25, 0.3) is 10.6 Å². The van der Waals surface area contributed by atoms with Crippen molar-refractivity contribution in [3.63, 3.8) is 0 Å². The number of thiazole rings is 1. The average Bonchev–Trinajstić information content (AvgIpc) is 3.14. The Bertz CT molecular complexity index is 728. The van der Waals surface area contributed by atoms with Crippen LogP contribution in [0.4, 0.5) is 5.13 Å². The Kier molecular flexibility index (Phi) is 3.99. The van der Waals surface area contributed by atoms with E-state index in [1.807, 2.05) is 0 Å². The van der Waals surface area contributed by atoms with Gasteiger partial charge in [0.05, 0.1) is 16.5 Å². The zero-order valence-electron chi connectivity index (χ0n) is 13.4. The second-order valence-electron chi connectivity index (χ2n) is 6.62. The maximum Gasteiger partial charge on any atom is 0.230 e. The van der Waals surface area contributed by atoms with E-state index in [0.29, 0.717) is 12.0 Å². The molecule has 2 aromatic rings. The quantitative estimate of drug-likeness (QED) is 0.887. The highest BCUT2D eigenvalue weighted by molar-refractivity contribution is 7.18. The molecule has 2 aliphatic heterocycles. The maximum absolute atomic E-state index is 12.6. The van der Waals surface area contributed by atoms with E-state index >= 15 is 0 Å². The fourth-order valence-electron chi connectivity index (χ4n) is 3.73. The smallest absolute Gasteiger partial charge is 0.230 e. The van der Waals surface area contributed by atoms with Crippen LogP contribution in [0.1, 0.15) is 29.0 Å². The van der Waals surface area contributed by atoms with Gasteiger partial charge in [0.15, 0.2) is 5.13 Å². The second kappa shape index (κ2) is 6.00. The third-order valence-corrected chi connectivity index (χ3v) is 6.86. The second-order valence-corrected chi connectivity index (χ2v) is 9.11. The highest BCUT2D eigenvalue weighted by Crippen LogP contribution is 2.37. The number of carbonyl (C=O) groups excluding carboxylic acids is 1. The van der Waals surface area contributed by atoms with Gasteiger partial charge in [-0.3, -0.25) is 4.79 Å². The molecule has 3 fully saturated rings. The summed E-state index contributed by atoms with van der Waals surface area (Å²) >= 11 is 3.32. The molecule has 1 amide bonds. The van der Waals surface area contributed by atoms with E-state index in [0.717, 1.165) is 35.1 Å². The van der Waals surface area contributed by atoms with Gasteiger partial charge in [0.1, 0.15) is 0 Å². The molecule has 23 heavy (non-hydrogen) atoms. The first-order valence-electron chi connectivity index (χ1n) is 8.18. The zero-order chi connectivity index (χ0) is 16.0. The number of rotatable bonds is 3. The number of piperidine rings is 2. The van der Waals surface area contributed by atoms with Crippen LogP contribution in [0.2, 0.25) is 0 Å². The Balaban J connectivity index is 1.50. The molecule has 6 heteroatoms. The third-order valence-electron chi connectivity index (χ3n) is 4.96. The number of nitrogens with zero attached hydrogens (tertiary/aromatic N) is 1. The zero-order valence-corrected chi connectivity index (χ0v) is 15.0. The Morgan fingerprint density at radius 3 is 2.78 bits per heavy atom. The Morgan fingerprint density at radius 1 is 1.30 bits per heavy atom. The molecule has 4 nitrogen and oxygen atoms in total. The van der Waals surface area contributed by atoms with Crippen LogP contribution in [-0.4, -0.2) is 23.5 Å². The molecule has 2 saturated heterocycles. The predicted molar refractivity (Wildman–Crippen MR) is 96.2 cm³/mol. The standard InChI is InChI=1S/C17H21N3OS2/c1-9-3-6-14(22-9)15-10(2)23-17(19-15)20-16(21)12-7-11-4-5-13(12)18-8-11/h3,6,11-13,18H,4-5,7-8H2,1-2H3,(H,19,20,21). The van der Waals surface area contributed by atoms with Crippen molar-refractivity contribution in [1.82, 2.24) is 10.3 Å². The van der Waals surface area contributed by atoms with E-state index in [4.69, 9.17) is 0 Å². The lowest BCUT2D eigenvalue weighted by molar-refractivity contribution is -0.123. The summed E-state index contributed by atoms with van der Waals surface area (Å²) in [5, 5.41) is 7.30. The first-order valence-corrected chi connectivity index (χ1v) is 9.82. The number of thiophene rings is 1. The van der Waals surface area contributed by atoms with Crippen LogP contribution >= 0.6 is 22.7 Å². The number of hydrogen-bond donors (Lipinski definition) is 2. The van der Waals surface area contributed by atoms with E-state index in [9.17, 15) is 4.79 Å². The molecular weight excluding hydrogens is 326 g/mol. The van der Waals surface area contributed by atoms with Crippen molar-refractivity contribution < 1.29 is 4.79 Å². The van der Waals surface area contributed by atoms with Crippen LogP contribution in [0, 0.1) is 25.7 Å². The Hall–Kier alpha value is -1.24. The number of anilines is 1. The van der Waals surface area contributed by atoms with Gasteiger partial charge in [-0.1, -0.05) is 0 Å². The molecule has 2 N–H and O–H groups in total. The minimum atomic E-state index is 0.0964. The minimum Gasteiger partial charge on any atom is -0.313 e. The molecule has 0 aromatic carbocycles. The van der Waals surface area contributed by atoms with Gasteiger partial charge in [0.25, 0.3) is 0 Å². The van der Waals surface area contributed by atoms with Crippen LogP contribution in [0.3, 0.4) is 0 Å². The lowest BCUT2D eigenvalue weighted by atomic mass is 9.74. The third kappa shape index (κ3) is 2.95. The van der Waals surface area contributed by atoms with Gasteiger partial charge >= 0.3 is 0 Å². The number of amides is 1. The molecule has 0 spiro atoms. The molecule has 4 heterocycles. The summed E-state index contributed by atoms with van der Waals surface area (Å²) in [6, 6.07) is 4.57. The van der Waals surface area contributed by atoms with Crippen LogP contribution in [0.5, 0.6) is 0 Å². The van der Waals surface area contributed by atoms with Crippen molar-refractivity contribution in [1.29, 1.82) is 0 Å². The summed E-state index contributed by atoms with van der Waals surface area (Å²) in [5.74, 6) is 0.895. The topological polar surface area (TPSA) is 54.0 Å². The largest absolute Gasteiger partial charge is 0.313 e. The van der Waals surface area contributed by atoms with E-state index in [-0.39, 0.29) is 11.8 Å².